The number of rotatable bonds is 4. The van der Waals surface area contributed by atoms with Crippen LogP contribution in [0, 0.1) is 6.92 Å². The maximum absolute atomic E-state index is 11.7. The molecule has 20 heavy (non-hydrogen) atoms. The van der Waals surface area contributed by atoms with Crippen LogP contribution in [0.3, 0.4) is 0 Å². The first kappa shape index (κ1) is 15.0. The number of anilines is 1. The summed E-state index contributed by atoms with van der Waals surface area (Å²) in [5, 5.41) is 3.15. The molecule has 1 saturated heterocycles. The van der Waals surface area contributed by atoms with Gasteiger partial charge in [-0.3, -0.25) is 4.79 Å². The fourth-order valence-electron chi connectivity index (χ4n) is 1.94. The number of carbonyl (C=O) groups is 1. The van der Waals surface area contributed by atoms with Crippen LogP contribution >= 0.6 is 11.8 Å². The molecule has 1 atom stereocenters. The quantitative estimate of drug-likeness (QED) is 0.582. The zero-order valence-corrected chi connectivity index (χ0v) is 12.6. The van der Waals surface area contributed by atoms with E-state index >= 15 is 0 Å². The topological polar surface area (TPSA) is 115 Å². The molecule has 2 heterocycles. The Morgan fingerprint density at radius 2 is 2.30 bits per heavy atom. The van der Waals surface area contributed by atoms with E-state index in [0.29, 0.717) is 17.4 Å². The SMILES string of the molecule is Cc1cc(N)nc(SCC(=O)NC2CCS(=O)(=O)C2)n1. The lowest BCUT2D eigenvalue weighted by Crippen LogP contribution is -2.36. The van der Waals surface area contributed by atoms with Gasteiger partial charge in [0.05, 0.1) is 17.3 Å². The second-order valence-corrected chi connectivity index (χ2v) is 7.84. The van der Waals surface area contributed by atoms with E-state index in [1.165, 1.54) is 11.8 Å². The highest BCUT2D eigenvalue weighted by molar-refractivity contribution is 7.99. The van der Waals surface area contributed by atoms with Gasteiger partial charge in [0.2, 0.25) is 5.91 Å². The lowest BCUT2D eigenvalue weighted by atomic mass is 10.3. The van der Waals surface area contributed by atoms with E-state index in [1.807, 2.05) is 0 Å². The summed E-state index contributed by atoms with van der Waals surface area (Å²) >= 11 is 1.18. The van der Waals surface area contributed by atoms with Crippen LogP contribution in [0.15, 0.2) is 11.2 Å². The van der Waals surface area contributed by atoms with Crippen molar-refractivity contribution in [3.63, 3.8) is 0 Å². The zero-order valence-electron chi connectivity index (χ0n) is 11.0. The van der Waals surface area contributed by atoms with Crippen LogP contribution in [0.1, 0.15) is 12.1 Å². The third-order valence-electron chi connectivity index (χ3n) is 2.78. The molecule has 9 heteroatoms. The standard InChI is InChI=1S/C11H16N4O3S2/c1-7-4-9(12)15-11(13-7)19-5-10(16)14-8-2-3-20(17,18)6-8/h4,8H,2-3,5-6H2,1H3,(H,14,16)(H2,12,13,15). The molecule has 1 aliphatic heterocycles. The second kappa shape index (κ2) is 5.96. The van der Waals surface area contributed by atoms with Crippen molar-refractivity contribution in [1.82, 2.24) is 15.3 Å². The monoisotopic (exact) mass is 316 g/mol. The minimum atomic E-state index is -2.98. The molecular weight excluding hydrogens is 300 g/mol. The number of aryl methyl sites for hydroxylation is 1. The molecule has 0 aliphatic carbocycles. The Labute approximate surface area is 121 Å². The van der Waals surface area contributed by atoms with Crippen molar-refractivity contribution >= 4 is 33.3 Å². The summed E-state index contributed by atoms with van der Waals surface area (Å²) in [6.45, 7) is 1.80. The Bertz CT molecular complexity index is 598. The summed E-state index contributed by atoms with van der Waals surface area (Å²) < 4.78 is 22.6. The van der Waals surface area contributed by atoms with Gasteiger partial charge in [-0.15, -0.1) is 0 Å². The highest BCUT2D eigenvalue weighted by Crippen LogP contribution is 2.16. The highest BCUT2D eigenvalue weighted by Gasteiger charge is 2.28. The number of hydrogen-bond acceptors (Lipinski definition) is 7. The Hall–Kier alpha value is -1.35. The molecule has 1 aromatic heterocycles. The van der Waals surface area contributed by atoms with Crippen LogP contribution in [0.5, 0.6) is 0 Å². The maximum atomic E-state index is 11.7. The third-order valence-corrected chi connectivity index (χ3v) is 5.40. The van der Waals surface area contributed by atoms with Crippen molar-refractivity contribution in [3.05, 3.63) is 11.8 Å². The van der Waals surface area contributed by atoms with E-state index in [9.17, 15) is 13.2 Å². The van der Waals surface area contributed by atoms with Gasteiger partial charge < -0.3 is 11.1 Å². The first-order chi connectivity index (χ1) is 9.34. The molecule has 2 rings (SSSR count). The van der Waals surface area contributed by atoms with Crippen molar-refractivity contribution in [2.75, 3.05) is 23.0 Å². The summed E-state index contributed by atoms with van der Waals surface area (Å²) in [6.07, 6.45) is 0.479. The minimum Gasteiger partial charge on any atom is -0.384 e. The number of nitrogen functional groups attached to an aromatic ring is 1. The number of carbonyl (C=O) groups excluding carboxylic acids is 1. The number of sulfone groups is 1. The molecule has 3 N–H and O–H groups in total. The van der Waals surface area contributed by atoms with Crippen molar-refractivity contribution in [3.8, 4) is 0 Å². The number of nitrogens with two attached hydrogens (primary N) is 1. The molecule has 0 spiro atoms. The van der Waals surface area contributed by atoms with Crippen LogP contribution in [0.25, 0.3) is 0 Å². The lowest BCUT2D eigenvalue weighted by Gasteiger charge is -2.10. The summed E-state index contributed by atoms with van der Waals surface area (Å²) in [4.78, 5) is 19.9. The smallest absolute Gasteiger partial charge is 0.230 e. The summed E-state index contributed by atoms with van der Waals surface area (Å²) in [6, 6.07) is 1.37. The fraction of sp³-hybridized carbons (Fsp3) is 0.545. The second-order valence-electron chi connectivity index (χ2n) is 4.67. The Morgan fingerprint density at radius 1 is 1.55 bits per heavy atom. The maximum Gasteiger partial charge on any atom is 0.230 e. The molecule has 0 saturated carbocycles. The van der Waals surface area contributed by atoms with E-state index in [0.717, 1.165) is 5.69 Å². The molecule has 1 aliphatic rings. The Kier molecular flexibility index (Phi) is 4.48. The Balaban J connectivity index is 1.83. The number of hydrogen-bond donors (Lipinski definition) is 2. The van der Waals surface area contributed by atoms with Gasteiger partial charge in [0, 0.05) is 17.8 Å². The van der Waals surface area contributed by atoms with Crippen molar-refractivity contribution in [1.29, 1.82) is 0 Å². The molecule has 1 fully saturated rings. The van der Waals surface area contributed by atoms with Gasteiger partial charge >= 0.3 is 0 Å². The molecule has 0 radical (unpaired) electrons. The van der Waals surface area contributed by atoms with Crippen LogP contribution < -0.4 is 11.1 Å². The number of nitrogens with one attached hydrogen (secondary N) is 1. The van der Waals surface area contributed by atoms with Crippen molar-refractivity contribution in [2.24, 2.45) is 0 Å². The molecule has 1 unspecified atom stereocenters. The van der Waals surface area contributed by atoms with Crippen molar-refractivity contribution in [2.45, 2.75) is 24.5 Å². The van der Waals surface area contributed by atoms with Crippen LogP contribution in [-0.4, -0.2) is 47.6 Å². The zero-order chi connectivity index (χ0) is 14.8. The average Bonchev–Trinajstić information content (AvgIpc) is 2.65. The van der Waals surface area contributed by atoms with E-state index in [1.54, 1.807) is 13.0 Å². The van der Waals surface area contributed by atoms with Crippen LogP contribution in [0.2, 0.25) is 0 Å². The first-order valence-electron chi connectivity index (χ1n) is 6.08. The number of amides is 1. The van der Waals surface area contributed by atoms with Gasteiger partial charge in [-0.1, -0.05) is 11.8 Å². The normalized spacial score (nSPS) is 20.8. The van der Waals surface area contributed by atoms with Gasteiger partial charge in [0.1, 0.15) is 5.82 Å². The van der Waals surface area contributed by atoms with Gasteiger partial charge in [-0.25, -0.2) is 18.4 Å². The van der Waals surface area contributed by atoms with Gasteiger partial charge in [-0.2, -0.15) is 0 Å². The minimum absolute atomic E-state index is 0.0251. The van der Waals surface area contributed by atoms with Crippen molar-refractivity contribution < 1.29 is 13.2 Å². The Morgan fingerprint density at radius 3 is 2.90 bits per heavy atom. The number of thioether (sulfide) groups is 1. The third kappa shape index (κ3) is 4.34. The molecule has 1 amide bonds. The predicted molar refractivity (Wildman–Crippen MR) is 77.1 cm³/mol. The van der Waals surface area contributed by atoms with E-state index < -0.39 is 9.84 Å². The van der Waals surface area contributed by atoms with Gasteiger partial charge in [0.15, 0.2) is 15.0 Å². The summed E-state index contributed by atoms with van der Waals surface area (Å²) in [7, 11) is -2.98. The molecule has 110 valence electrons. The lowest BCUT2D eigenvalue weighted by molar-refractivity contribution is -0.119. The van der Waals surface area contributed by atoms with E-state index in [2.05, 4.69) is 15.3 Å². The predicted octanol–water partition coefficient (Wildman–Crippen LogP) is -0.237. The van der Waals surface area contributed by atoms with Gasteiger partial charge in [-0.05, 0) is 13.3 Å². The molecule has 0 bridgehead atoms. The summed E-state index contributed by atoms with van der Waals surface area (Å²) in [5.74, 6) is 0.447. The first-order valence-corrected chi connectivity index (χ1v) is 8.88. The highest BCUT2D eigenvalue weighted by atomic mass is 32.2. The average molecular weight is 316 g/mol. The molecular formula is C11H16N4O3S2. The van der Waals surface area contributed by atoms with Gasteiger partial charge in [0.25, 0.3) is 0 Å². The largest absolute Gasteiger partial charge is 0.384 e. The van der Waals surface area contributed by atoms with Crippen LogP contribution in [0.4, 0.5) is 5.82 Å². The van der Waals surface area contributed by atoms with E-state index in [4.69, 9.17) is 5.73 Å². The molecule has 1 aromatic rings. The molecule has 0 aromatic carbocycles. The van der Waals surface area contributed by atoms with E-state index in [-0.39, 0.29) is 29.2 Å². The summed E-state index contributed by atoms with van der Waals surface area (Å²) in [5.41, 5.74) is 6.33. The number of aromatic nitrogens is 2. The molecule has 7 nitrogen and oxygen atoms in total. The van der Waals surface area contributed by atoms with Crippen LogP contribution in [-0.2, 0) is 14.6 Å². The fourth-order valence-corrected chi connectivity index (χ4v) is 4.33. The number of nitrogens with zero attached hydrogens (tertiary/aromatic N) is 2.